The maximum atomic E-state index is 12.7. The molecule has 0 atom stereocenters. The molecule has 140 valence electrons. The van der Waals surface area contributed by atoms with Crippen molar-refractivity contribution in [2.75, 3.05) is 0 Å². The average Bonchev–Trinajstić information content (AvgIpc) is 2.73. The molecule has 0 aromatic heterocycles. The van der Waals surface area contributed by atoms with E-state index in [1.807, 2.05) is 106 Å². The van der Waals surface area contributed by atoms with Crippen LogP contribution in [0.3, 0.4) is 0 Å². The molecule has 0 aliphatic rings. The summed E-state index contributed by atoms with van der Waals surface area (Å²) in [5.41, 5.74) is 6.05. The van der Waals surface area contributed by atoms with E-state index in [1.54, 1.807) is 0 Å². The van der Waals surface area contributed by atoms with Gasteiger partial charge in [0, 0.05) is 22.5 Å². The van der Waals surface area contributed by atoms with Crippen LogP contribution in [0.1, 0.15) is 40.9 Å². The molecule has 3 rings (SSSR count). The van der Waals surface area contributed by atoms with Crippen LogP contribution >= 0.6 is 0 Å². The van der Waals surface area contributed by atoms with Gasteiger partial charge in [0.1, 0.15) is 0 Å². The predicted molar refractivity (Wildman–Crippen MR) is 116 cm³/mol. The number of carbonyl (C=O) groups excluding carboxylic acids is 1. The van der Waals surface area contributed by atoms with Crippen LogP contribution in [-0.4, -0.2) is 11.6 Å². The maximum Gasteiger partial charge on any atom is 0.255 e. The van der Waals surface area contributed by atoms with Crippen LogP contribution in [0.2, 0.25) is 0 Å². The fourth-order valence-corrected chi connectivity index (χ4v) is 2.96. The molecule has 0 unspecified atom stereocenters. The Labute approximate surface area is 166 Å². The monoisotopic (exact) mass is 368 g/mol. The van der Waals surface area contributed by atoms with E-state index in [0.717, 1.165) is 28.1 Å². The number of hydrogen-bond acceptors (Lipinski definition) is 2. The molecular formula is C25H24N2O. The summed E-state index contributed by atoms with van der Waals surface area (Å²) < 4.78 is 0. The lowest BCUT2D eigenvalue weighted by Crippen LogP contribution is -2.22. The van der Waals surface area contributed by atoms with Gasteiger partial charge in [0.25, 0.3) is 5.91 Å². The van der Waals surface area contributed by atoms with Gasteiger partial charge in [0.15, 0.2) is 0 Å². The van der Waals surface area contributed by atoms with Crippen LogP contribution in [-0.2, 0) is 0 Å². The highest BCUT2D eigenvalue weighted by molar-refractivity contribution is 6.02. The van der Waals surface area contributed by atoms with Gasteiger partial charge in [-0.05, 0) is 38.5 Å². The van der Waals surface area contributed by atoms with Gasteiger partial charge in [0.05, 0.1) is 5.70 Å². The minimum atomic E-state index is -0.137. The number of nitrogens with zero attached hydrogens (tertiary/aromatic N) is 1. The second-order valence-electron chi connectivity index (χ2n) is 6.73. The van der Waals surface area contributed by atoms with Crippen molar-refractivity contribution in [1.29, 1.82) is 0 Å². The van der Waals surface area contributed by atoms with E-state index < -0.39 is 0 Å². The number of allylic oxidation sites excluding steroid dienone is 1. The molecule has 0 spiro atoms. The Kier molecular flexibility index (Phi) is 6.18. The third-order valence-electron chi connectivity index (χ3n) is 4.45. The number of aliphatic imine (C=N–C) groups is 1. The number of amides is 1. The molecular weight excluding hydrogens is 344 g/mol. The van der Waals surface area contributed by atoms with Crippen LogP contribution in [0, 0.1) is 6.92 Å². The summed E-state index contributed by atoms with van der Waals surface area (Å²) >= 11 is 0. The molecule has 0 bridgehead atoms. The summed E-state index contributed by atoms with van der Waals surface area (Å²) in [6, 6.07) is 27.5. The Hall–Kier alpha value is -3.46. The third kappa shape index (κ3) is 4.83. The maximum absolute atomic E-state index is 12.7. The zero-order valence-electron chi connectivity index (χ0n) is 16.4. The van der Waals surface area contributed by atoms with Crippen LogP contribution in [0.15, 0.2) is 95.6 Å². The van der Waals surface area contributed by atoms with Crippen LogP contribution in [0.4, 0.5) is 0 Å². The van der Waals surface area contributed by atoms with E-state index in [4.69, 9.17) is 4.99 Å². The quantitative estimate of drug-likeness (QED) is 0.583. The van der Waals surface area contributed by atoms with E-state index in [0.29, 0.717) is 11.3 Å². The molecule has 3 aromatic rings. The minimum Gasteiger partial charge on any atom is -0.324 e. The molecule has 3 heteroatoms. The molecule has 0 saturated heterocycles. The summed E-state index contributed by atoms with van der Waals surface area (Å²) in [5, 5.41) is 3.01. The first-order chi connectivity index (χ1) is 13.5. The van der Waals surface area contributed by atoms with Crippen molar-refractivity contribution in [3.05, 3.63) is 113 Å². The van der Waals surface area contributed by atoms with Crippen molar-refractivity contribution in [2.24, 2.45) is 4.99 Å². The van der Waals surface area contributed by atoms with Gasteiger partial charge in [-0.3, -0.25) is 9.79 Å². The normalized spacial score (nSPS) is 12.3. The number of hydrogen-bond donors (Lipinski definition) is 1. The van der Waals surface area contributed by atoms with Crippen LogP contribution in [0.25, 0.3) is 5.70 Å². The van der Waals surface area contributed by atoms with E-state index in [-0.39, 0.29) is 5.91 Å². The van der Waals surface area contributed by atoms with Gasteiger partial charge in [-0.1, -0.05) is 78.4 Å². The summed E-state index contributed by atoms with van der Waals surface area (Å²) in [6.07, 6.45) is 0. The van der Waals surface area contributed by atoms with E-state index in [2.05, 4.69) is 5.32 Å². The lowest BCUT2D eigenvalue weighted by Gasteiger charge is -2.12. The molecule has 0 heterocycles. The van der Waals surface area contributed by atoms with E-state index in [1.165, 1.54) is 0 Å². The number of carbonyl (C=O) groups is 1. The molecule has 28 heavy (non-hydrogen) atoms. The first-order valence-corrected chi connectivity index (χ1v) is 9.29. The molecule has 0 aliphatic heterocycles. The van der Waals surface area contributed by atoms with Crippen molar-refractivity contribution in [2.45, 2.75) is 20.8 Å². The second kappa shape index (κ2) is 8.96. The first kappa shape index (κ1) is 19.3. The fraction of sp³-hybridized carbons (Fsp3) is 0.120. The Morgan fingerprint density at radius 2 is 1.32 bits per heavy atom. The van der Waals surface area contributed by atoms with E-state index >= 15 is 0 Å². The highest BCUT2D eigenvalue weighted by Crippen LogP contribution is 2.21. The number of benzene rings is 3. The van der Waals surface area contributed by atoms with Crippen molar-refractivity contribution < 1.29 is 4.79 Å². The zero-order valence-corrected chi connectivity index (χ0v) is 16.4. The topological polar surface area (TPSA) is 41.5 Å². The SMILES string of the molecule is CC(=N/C(=C(\C)NC(=O)c1cccc(C)c1)c1ccccc1)c1ccccc1. The fourth-order valence-electron chi connectivity index (χ4n) is 2.96. The first-order valence-electron chi connectivity index (χ1n) is 9.29. The Bertz CT molecular complexity index is 1020. The largest absolute Gasteiger partial charge is 0.324 e. The summed E-state index contributed by atoms with van der Waals surface area (Å²) in [4.78, 5) is 17.6. The van der Waals surface area contributed by atoms with Crippen LogP contribution in [0.5, 0.6) is 0 Å². The Morgan fingerprint density at radius 1 is 0.750 bits per heavy atom. The lowest BCUT2D eigenvalue weighted by molar-refractivity contribution is 0.0966. The molecule has 0 aliphatic carbocycles. The van der Waals surface area contributed by atoms with Gasteiger partial charge in [-0.15, -0.1) is 0 Å². The van der Waals surface area contributed by atoms with Crippen molar-refractivity contribution in [3.63, 3.8) is 0 Å². The lowest BCUT2D eigenvalue weighted by atomic mass is 10.1. The third-order valence-corrected chi connectivity index (χ3v) is 4.45. The highest BCUT2D eigenvalue weighted by atomic mass is 16.1. The Balaban J connectivity index is 1.99. The number of aryl methyl sites for hydroxylation is 1. The minimum absolute atomic E-state index is 0.137. The highest BCUT2D eigenvalue weighted by Gasteiger charge is 2.11. The van der Waals surface area contributed by atoms with Gasteiger partial charge in [-0.25, -0.2) is 0 Å². The van der Waals surface area contributed by atoms with Gasteiger partial charge >= 0.3 is 0 Å². The summed E-state index contributed by atoms with van der Waals surface area (Å²) in [6.45, 7) is 5.84. The molecule has 1 amide bonds. The van der Waals surface area contributed by atoms with Crippen molar-refractivity contribution in [3.8, 4) is 0 Å². The zero-order chi connectivity index (χ0) is 19.9. The van der Waals surface area contributed by atoms with Crippen LogP contribution < -0.4 is 5.32 Å². The standard InChI is InChI=1S/C25H24N2O/c1-18-11-10-16-23(17-18)25(28)27-20(3)24(22-14-8-5-9-15-22)26-19(2)21-12-6-4-7-13-21/h4-17H,1-3H3,(H,27,28)/b24-20+,26-19?. The molecule has 0 saturated carbocycles. The summed E-state index contributed by atoms with van der Waals surface area (Å²) in [5.74, 6) is -0.137. The number of nitrogens with one attached hydrogen (secondary N) is 1. The molecule has 1 N–H and O–H groups in total. The molecule has 0 fully saturated rings. The van der Waals surface area contributed by atoms with Gasteiger partial charge in [0.2, 0.25) is 0 Å². The van der Waals surface area contributed by atoms with Gasteiger partial charge in [-0.2, -0.15) is 0 Å². The average molecular weight is 368 g/mol. The predicted octanol–water partition coefficient (Wildman–Crippen LogP) is 5.62. The van der Waals surface area contributed by atoms with Crippen molar-refractivity contribution in [1.82, 2.24) is 5.32 Å². The molecule has 3 aromatic carbocycles. The number of rotatable bonds is 5. The van der Waals surface area contributed by atoms with Gasteiger partial charge < -0.3 is 5.32 Å². The second-order valence-corrected chi connectivity index (χ2v) is 6.73. The smallest absolute Gasteiger partial charge is 0.255 e. The summed E-state index contributed by atoms with van der Waals surface area (Å²) in [7, 11) is 0. The Morgan fingerprint density at radius 3 is 1.93 bits per heavy atom. The molecule has 0 radical (unpaired) electrons. The molecule has 3 nitrogen and oxygen atoms in total. The van der Waals surface area contributed by atoms with Crippen molar-refractivity contribution >= 4 is 17.3 Å². The van der Waals surface area contributed by atoms with E-state index in [9.17, 15) is 4.79 Å².